The lowest BCUT2D eigenvalue weighted by atomic mass is 9.88. The van der Waals surface area contributed by atoms with E-state index in [9.17, 15) is 14.7 Å². The number of aromatic amines is 1. The van der Waals surface area contributed by atoms with Crippen molar-refractivity contribution in [2.75, 3.05) is 6.61 Å². The van der Waals surface area contributed by atoms with Crippen LogP contribution in [0.25, 0.3) is 22.4 Å². The van der Waals surface area contributed by atoms with Gasteiger partial charge in [-0.25, -0.2) is 4.79 Å². The summed E-state index contributed by atoms with van der Waals surface area (Å²) in [5.74, 6) is 0.528. The van der Waals surface area contributed by atoms with E-state index in [-0.39, 0.29) is 5.56 Å². The number of nitrogens with one attached hydrogen (secondary N) is 1. The first-order valence-corrected chi connectivity index (χ1v) is 10.2. The first kappa shape index (κ1) is 19.9. The van der Waals surface area contributed by atoms with Gasteiger partial charge in [-0.1, -0.05) is 20.8 Å². The second-order valence-corrected chi connectivity index (χ2v) is 8.26. The molecule has 1 aromatic carbocycles. The predicted molar refractivity (Wildman–Crippen MR) is 114 cm³/mol. The lowest BCUT2D eigenvalue weighted by molar-refractivity contribution is 0.0694. The van der Waals surface area contributed by atoms with Crippen LogP contribution in [0.15, 0.2) is 35.5 Å². The number of aryl methyl sites for hydroxylation is 1. The SMILES string of the molecule is CC(C)C.O=C(O)c1cn2c(cc1=O)-c1cc(-c3cn[nH]c3)c3c(c1CC2)CCO3. The summed E-state index contributed by atoms with van der Waals surface area (Å²) in [6.07, 6.45) is 6.62. The van der Waals surface area contributed by atoms with Crippen molar-refractivity contribution in [3.8, 4) is 28.1 Å². The molecule has 0 saturated heterocycles. The standard InChI is InChI=1S/C19H15N3O4.C4H10/c23-17-6-16-14-5-13(10-7-20-21-8-10)18-12(2-4-26-18)11(14)1-3-22(16)9-15(17)19(24)25;1-4(2)3/h5-9H,1-4H2,(H,20,21)(H,24,25);4H,1-3H3. The first-order chi connectivity index (χ1) is 14.4. The third-order valence-electron chi connectivity index (χ3n) is 5.14. The Morgan fingerprint density at radius 1 is 1.20 bits per heavy atom. The van der Waals surface area contributed by atoms with Gasteiger partial charge in [-0.05, 0) is 24.0 Å². The number of ether oxygens (including phenoxy) is 1. The molecule has 30 heavy (non-hydrogen) atoms. The number of nitrogens with zero attached hydrogens (tertiary/aromatic N) is 2. The number of H-pyrrole nitrogens is 1. The average molecular weight is 407 g/mol. The van der Waals surface area contributed by atoms with Gasteiger partial charge in [-0.2, -0.15) is 5.10 Å². The first-order valence-electron chi connectivity index (χ1n) is 10.2. The molecule has 2 aliphatic rings. The molecule has 2 N–H and O–H groups in total. The number of carboxylic acids is 1. The van der Waals surface area contributed by atoms with Crippen molar-refractivity contribution < 1.29 is 14.6 Å². The van der Waals surface area contributed by atoms with Gasteiger partial charge in [-0.3, -0.25) is 9.89 Å². The van der Waals surface area contributed by atoms with Gasteiger partial charge in [0, 0.05) is 53.7 Å². The second-order valence-electron chi connectivity index (χ2n) is 8.26. The maximum absolute atomic E-state index is 12.3. The number of carboxylic acid groups (broad SMARTS) is 1. The number of fused-ring (bicyclic) bond motifs is 5. The Kier molecular flexibility index (Phi) is 5.20. The van der Waals surface area contributed by atoms with Gasteiger partial charge in [0.25, 0.3) is 0 Å². The molecule has 2 aliphatic heterocycles. The van der Waals surface area contributed by atoms with E-state index in [2.05, 4.69) is 31.0 Å². The van der Waals surface area contributed by atoms with Gasteiger partial charge >= 0.3 is 5.97 Å². The van der Waals surface area contributed by atoms with E-state index in [0.717, 1.165) is 46.9 Å². The van der Waals surface area contributed by atoms with Crippen molar-refractivity contribution in [3.63, 3.8) is 0 Å². The summed E-state index contributed by atoms with van der Waals surface area (Å²) in [4.78, 5) is 23.5. The molecule has 0 atom stereocenters. The summed E-state index contributed by atoms with van der Waals surface area (Å²) in [7, 11) is 0. The molecule has 0 bridgehead atoms. The van der Waals surface area contributed by atoms with Crippen molar-refractivity contribution in [2.45, 2.75) is 40.2 Å². The van der Waals surface area contributed by atoms with E-state index in [0.29, 0.717) is 13.2 Å². The van der Waals surface area contributed by atoms with Crippen LogP contribution in [0.3, 0.4) is 0 Å². The molecule has 0 aliphatic carbocycles. The van der Waals surface area contributed by atoms with Crippen LogP contribution in [0.1, 0.15) is 42.3 Å². The van der Waals surface area contributed by atoms with Crippen LogP contribution in [0.5, 0.6) is 5.75 Å². The Hall–Kier alpha value is -3.35. The van der Waals surface area contributed by atoms with Gasteiger partial charge < -0.3 is 14.4 Å². The van der Waals surface area contributed by atoms with Crippen LogP contribution >= 0.6 is 0 Å². The monoisotopic (exact) mass is 407 g/mol. The number of benzene rings is 1. The molecule has 7 nitrogen and oxygen atoms in total. The zero-order chi connectivity index (χ0) is 21.4. The summed E-state index contributed by atoms with van der Waals surface area (Å²) in [5.41, 5.74) is 5.27. The van der Waals surface area contributed by atoms with E-state index in [1.54, 1.807) is 6.20 Å². The van der Waals surface area contributed by atoms with Crippen LogP contribution < -0.4 is 10.2 Å². The molecule has 5 rings (SSSR count). The molecular formula is C23H25N3O4. The molecule has 0 unspecified atom stereocenters. The molecule has 3 aromatic rings. The number of aromatic nitrogens is 3. The fourth-order valence-electron chi connectivity index (χ4n) is 3.95. The minimum absolute atomic E-state index is 0.197. The van der Waals surface area contributed by atoms with Crippen LogP contribution in [0, 0.1) is 5.92 Å². The maximum Gasteiger partial charge on any atom is 0.341 e. The Balaban J connectivity index is 0.000000503. The van der Waals surface area contributed by atoms with Gasteiger partial charge in [0.1, 0.15) is 11.3 Å². The van der Waals surface area contributed by atoms with E-state index >= 15 is 0 Å². The van der Waals surface area contributed by atoms with E-state index < -0.39 is 11.4 Å². The lowest BCUT2D eigenvalue weighted by Crippen LogP contribution is -2.22. The van der Waals surface area contributed by atoms with Crippen LogP contribution in [0.2, 0.25) is 0 Å². The van der Waals surface area contributed by atoms with E-state index in [4.69, 9.17) is 4.74 Å². The Bertz CT molecular complexity index is 1160. The van der Waals surface area contributed by atoms with Crippen molar-refractivity contribution >= 4 is 5.97 Å². The molecule has 0 fully saturated rings. The highest BCUT2D eigenvalue weighted by Crippen LogP contribution is 2.44. The molecule has 0 spiro atoms. The van der Waals surface area contributed by atoms with Gasteiger partial charge in [-0.15, -0.1) is 0 Å². The summed E-state index contributed by atoms with van der Waals surface area (Å²) in [6, 6.07) is 3.46. The molecule has 0 saturated carbocycles. The van der Waals surface area contributed by atoms with E-state index in [1.807, 2.05) is 16.8 Å². The van der Waals surface area contributed by atoms with E-state index in [1.165, 1.54) is 23.4 Å². The topological polar surface area (TPSA) is 97.2 Å². The third kappa shape index (κ3) is 3.51. The van der Waals surface area contributed by atoms with Gasteiger partial charge in [0.15, 0.2) is 5.43 Å². The minimum Gasteiger partial charge on any atom is -0.492 e. The summed E-state index contributed by atoms with van der Waals surface area (Å²) >= 11 is 0. The Morgan fingerprint density at radius 3 is 2.63 bits per heavy atom. The highest BCUT2D eigenvalue weighted by Gasteiger charge is 2.28. The molecule has 4 heterocycles. The number of hydrogen-bond donors (Lipinski definition) is 2. The summed E-state index contributed by atoms with van der Waals surface area (Å²) in [5, 5.41) is 16.1. The van der Waals surface area contributed by atoms with Crippen molar-refractivity contribution in [1.82, 2.24) is 14.8 Å². The van der Waals surface area contributed by atoms with Crippen molar-refractivity contribution in [2.24, 2.45) is 5.92 Å². The molecule has 0 amide bonds. The largest absolute Gasteiger partial charge is 0.492 e. The highest BCUT2D eigenvalue weighted by atomic mass is 16.5. The Morgan fingerprint density at radius 2 is 1.97 bits per heavy atom. The number of rotatable bonds is 2. The average Bonchev–Trinajstić information content (AvgIpc) is 3.38. The number of pyridine rings is 1. The van der Waals surface area contributed by atoms with Crippen LogP contribution in [0.4, 0.5) is 0 Å². The zero-order valence-corrected chi connectivity index (χ0v) is 17.4. The molecule has 2 aromatic heterocycles. The highest BCUT2D eigenvalue weighted by molar-refractivity contribution is 5.88. The Labute approximate surface area is 174 Å². The molecule has 0 radical (unpaired) electrons. The fourth-order valence-corrected chi connectivity index (χ4v) is 3.95. The normalized spacial score (nSPS) is 13.6. The summed E-state index contributed by atoms with van der Waals surface area (Å²) < 4.78 is 7.75. The minimum atomic E-state index is -1.20. The molecular weight excluding hydrogens is 382 g/mol. The van der Waals surface area contributed by atoms with Crippen molar-refractivity contribution in [1.29, 1.82) is 0 Å². The molecule has 156 valence electrons. The predicted octanol–water partition coefficient (Wildman–Crippen LogP) is 3.76. The smallest absolute Gasteiger partial charge is 0.341 e. The quantitative estimate of drug-likeness (QED) is 0.674. The third-order valence-corrected chi connectivity index (χ3v) is 5.14. The fraction of sp³-hybridized carbons (Fsp3) is 0.348. The van der Waals surface area contributed by atoms with Crippen molar-refractivity contribution in [3.05, 3.63) is 57.6 Å². The van der Waals surface area contributed by atoms with Crippen LogP contribution in [-0.2, 0) is 19.4 Å². The second kappa shape index (κ2) is 7.82. The molecule has 7 heteroatoms. The number of aromatic carboxylic acids is 1. The van der Waals surface area contributed by atoms with Gasteiger partial charge in [0.2, 0.25) is 0 Å². The maximum atomic E-state index is 12.3. The number of hydrogen-bond acceptors (Lipinski definition) is 4. The van der Waals surface area contributed by atoms with Crippen LogP contribution in [-0.4, -0.2) is 32.4 Å². The summed E-state index contributed by atoms with van der Waals surface area (Å²) in [6.45, 7) is 7.78. The number of carbonyl (C=O) groups is 1. The lowest BCUT2D eigenvalue weighted by Gasteiger charge is -2.25. The van der Waals surface area contributed by atoms with Gasteiger partial charge in [0.05, 0.1) is 18.5 Å². The zero-order valence-electron chi connectivity index (χ0n) is 17.4.